The molecule has 0 saturated carbocycles. The van der Waals surface area contributed by atoms with Crippen LogP contribution < -0.4 is 5.32 Å². The number of methoxy groups -OCH3 is 3. The highest BCUT2D eigenvalue weighted by molar-refractivity contribution is 6.17. The van der Waals surface area contributed by atoms with Gasteiger partial charge in [-0.3, -0.25) is 4.79 Å². The van der Waals surface area contributed by atoms with E-state index < -0.39 is 12.3 Å². The summed E-state index contributed by atoms with van der Waals surface area (Å²) in [6, 6.07) is 0. The van der Waals surface area contributed by atoms with Gasteiger partial charge in [-0.05, 0) is 0 Å². The number of ether oxygens (including phenoxy) is 3. The lowest BCUT2D eigenvalue weighted by Crippen LogP contribution is -2.28. The Bertz CT molecular complexity index is 266. The predicted molar refractivity (Wildman–Crippen MR) is 61.2 cm³/mol. The van der Waals surface area contributed by atoms with Crippen LogP contribution in [0.25, 0.3) is 0 Å². The molecule has 0 bridgehead atoms. The monoisotopic (exact) mass is 245 g/mol. The molecule has 6 nitrogen and oxygen atoms in total. The number of rotatable bonds is 8. The predicted octanol–water partition coefficient (Wildman–Crippen LogP) is 0.231. The highest BCUT2D eigenvalue weighted by Crippen LogP contribution is 2.01. The van der Waals surface area contributed by atoms with Gasteiger partial charge < -0.3 is 19.5 Å². The van der Waals surface area contributed by atoms with Gasteiger partial charge in [0.1, 0.15) is 5.57 Å². The van der Waals surface area contributed by atoms with E-state index in [1.807, 2.05) is 0 Å². The molecule has 6 heteroatoms. The number of hydrogen-bond donors (Lipinski definition) is 1. The van der Waals surface area contributed by atoms with Crippen molar-refractivity contribution in [3.05, 3.63) is 11.8 Å². The Morgan fingerprint density at radius 1 is 1.24 bits per heavy atom. The molecule has 0 aliphatic heterocycles. The maximum atomic E-state index is 11.5. The van der Waals surface area contributed by atoms with Crippen LogP contribution in [-0.4, -0.2) is 45.9 Å². The van der Waals surface area contributed by atoms with Gasteiger partial charge >= 0.3 is 5.97 Å². The van der Waals surface area contributed by atoms with Crippen LogP contribution in [0.4, 0.5) is 0 Å². The Labute approximate surface area is 101 Å². The summed E-state index contributed by atoms with van der Waals surface area (Å²) in [4.78, 5) is 22.8. The van der Waals surface area contributed by atoms with E-state index in [9.17, 15) is 9.59 Å². The van der Waals surface area contributed by atoms with Crippen molar-refractivity contribution in [1.29, 1.82) is 0 Å². The number of carbonyl (C=O) groups excluding carboxylic acids is 2. The first kappa shape index (κ1) is 15.6. The first-order valence-electron chi connectivity index (χ1n) is 5.21. The molecule has 98 valence electrons. The third kappa shape index (κ3) is 5.46. The van der Waals surface area contributed by atoms with E-state index in [0.29, 0.717) is 6.54 Å². The van der Waals surface area contributed by atoms with E-state index in [4.69, 9.17) is 9.47 Å². The number of nitrogens with one attached hydrogen (secondary N) is 1. The Hall–Kier alpha value is -1.40. The average molecular weight is 245 g/mol. The van der Waals surface area contributed by atoms with Gasteiger partial charge in [-0.25, -0.2) is 4.79 Å². The van der Waals surface area contributed by atoms with Crippen LogP contribution in [0, 0.1) is 0 Å². The van der Waals surface area contributed by atoms with Crippen LogP contribution in [0.1, 0.15) is 13.3 Å². The van der Waals surface area contributed by atoms with E-state index in [1.165, 1.54) is 27.5 Å². The highest BCUT2D eigenvalue weighted by atomic mass is 16.7. The molecule has 0 amide bonds. The van der Waals surface area contributed by atoms with Gasteiger partial charge in [0.25, 0.3) is 0 Å². The van der Waals surface area contributed by atoms with E-state index in [-0.39, 0.29) is 17.8 Å². The fourth-order valence-electron chi connectivity index (χ4n) is 1.07. The van der Waals surface area contributed by atoms with Crippen LogP contribution in [0.2, 0.25) is 0 Å². The summed E-state index contributed by atoms with van der Waals surface area (Å²) in [6.07, 6.45) is 1.12. The van der Waals surface area contributed by atoms with E-state index in [0.717, 1.165) is 0 Å². The molecule has 0 radical (unpaired) electrons. The van der Waals surface area contributed by atoms with Gasteiger partial charge in [-0.2, -0.15) is 0 Å². The van der Waals surface area contributed by atoms with Crippen molar-refractivity contribution in [3.63, 3.8) is 0 Å². The Morgan fingerprint density at radius 2 is 1.82 bits per heavy atom. The molecule has 0 heterocycles. The van der Waals surface area contributed by atoms with Crippen molar-refractivity contribution in [2.45, 2.75) is 19.6 Å². The van der Waals surface area contributed by atoms with Crippen LogP contribution in [0.5, 0.6) is 0 Å². The molecule has 17 heavy (non-hydrogen) atoms. The van der Waals surface area contributed by atoms with Crippen LogP contribution in [0.15, 0.2) is 11.8 Å². The maximum Gasteiger partial charge on any atom is 0.342 e. The van der Waals surface area contributed by atoms with Crippen LogP contribution in [0.3, 0.4) is 0 Å². The van der Waals surface area contributed by atoms with Crippen LogP contribution in [-0.2, 0) is 23.8 Å². The molecule has 0 atom stereocenters. The molecule has 0 unspecified atom stereocenters. The van der Waals surface area contributed by atoms with Crippen LogP contribution >= 0.6 is 0 Å². The SMILES string of the molecule is CCC(=O)/C(=C/NCC(OC)OC)C(=O)OC. The third-order valence-corrected chi connectivity index (χ3v) is 2.08. The molecule has 0 aliphatic carbocycles. The largest absolute Gasteiger partial charge is 0.465 e. The molecule has 0 fully saturated rings. The molecule has 0 aromatic heterocycles. The minimum atomic E-state index is -0.657. The second kappa shape index (κ2) is 8.72. The van der Waals surface area contributed by atoms with Crippen molar-refractivity contribution in [2.24, 2.45) is 0 Å². The third-order valence-electron chi connectivity index (χ3n) is 2.08. The molecule has 0 rings (SSSR count). The van der Waals surface area contributed by atoms with Crippen molar-refractivity contribution in [3.8, 4) is 0 Å². The van der Waals surface area contributed by atoms with E-state index >= 15 is 0 Å². The zero-order valence-corrected chi connectivity index (χ0v) is 10.6. The summed E-state index contributed by atoms with van der Waals surface area (Å²) in [5.74, 6) is -0.938. The van der Waals surface area contributed by atoms with Gasteiger partial charge in [0, 0.05) is 26.8 Å². The lowest BCUT2D eigenvalue weighted by atomic mass is 10.1. The summed E-state index contributed by atoms with van der Waals surface area (Å²) in [5.41, 5.74) is -0.0130. The van der Waals surface area contributed by atoms with E-state index in [2.05, 4.69) is 10.1 Å². The smallest absolute Gasteiger partial charge is 0.342 e. The summed E-state index contributed by atoms with van der Waals surface area (Å²) in [5, 5.41) is 2.78. The molecule has 1 N–H and O–H groups in total. The Kier molecular flexibility index (Phi) is 8.00. The van der Waals surface area contributed by atoms with Crippen molar-refractivity contribution in [2.75, 3.05) is 27.9 Å². The fourth-order valence-corrected chi connectivity index (χ4v) is 1.07. The zero-order valence-electron chi connectivity index (χ0n) is 10.6. The number of hydrogen-bond acceptors (Lipinski definition) is 6. The van der Waals surface area contributed by atoms with Crippen molar-refractivity contribution < 1.29 is 23.8 Å². The standard InChI is InChI=1S/C11H19NO5/c1-5-9(13)8(11(14)17-4)6-12-7-10(15-2)16-3/h6,10,12H,5,7H2,1-4H3/b8-6-. The first-order valence-corrected chi connectivity index (χ1v) is 5.21. The minimum Gasteiger partial charge on any atom is -0.465 e. The average Bonchev–Trinajstić information content (AvgIpc) is 2.37. The number of ketones is 1. The summed E-state index contributed by atoms with van der Waals surface area (Å²) >= 11 is 0. The number of carbonyl (C=O) groups is 2. The summed E-state index contributed by atoms with van der Waals surface area (Å²) in [7, 11) is 4.22. The zero-order chi connectivity index (χ0) is 13.3. The van der Waals surface area contributed by atoms with Gasteiger partial charge in [0.05, 0.1) is 13.7 Å². The van der Waals surface area contributed by atoms with Gasteiger partial charge in [0.2, 0.25) is 0 Å². The lowest BCUT2D eigenvalue weighted by molar-refractivity contribution is -0.137. The number of esters is 1. The molecule has 0 aliphatic rings. The quantitative estimate of drug-likeness (QED) is 0.217. The molecule has 0 aromatic carbocycles. The first-order chi connectivity index (χ1) is 8.10. The summed E-state index contributed by atoms with van der Waals surface area (Å²) < 4.78 is 14.4. The second-order valence-corrected chi connectivity index (χ2v) is 3.14. The van der Waals surface area contributed by atoms with Gasteiger partial charge in [0.15, 0.2) is 12.1 Å². The minimum absolute atomic E-state index is 0.0130. The number of Topliss-reactive ketones (excluding diaryl/α,β-unsaturated/α-hetero) is 1. The Morgan fingerprint density at radius 3 is 2.24 bits per heavy atom. The maximum absolute atomic E-state index is 11.5. The van der Waals surface area contributed by atoms with Gasteiger partial charge in [-0.15, -0.1) is 0 Å². The topological polar surface area (TPSA) is 73.9 Å². The highest BCUT2D eigenvalue weighted by Gasteiger charge is 2.17. The Balaban J connectivity index is 4.49. The van der Waals surface area contributed by atoms with Crippen molar-refractivity contribution >= 4 is 11.8 Å². The lowest BCUT2D eigenvalue weighted by Gasteiger charge is -2.13. The van der Waals surface area contributed by atoms with Gasteiger partial charge in [-0.1, -0.05) is 6.92 Å². The molecule has 0 aromatic rings. The molecule has 0 spiro atoms. The fraction of sp³-hybridized carbons (Fsp3) is 0.636. The van der Waals surface area contributed by atoms with E-state index in [1.54, 1.807) is 6.92 Å². The summed E-state index contributed by atoms with van der Waals surface area (Å²) in [6.45, 7) is 2.00. The molecular weight excluding hydrogens is 226 g/mol. The second-order valence-electron chi connectivity index (χ2n) is 3.14. The molecular formula is C11H19NO5. The normalized spacial score (nSPS) is 11.5. The molecule has 0 saturated heterocycles. The van der Waals surface area contributed by atoms with Crippen molar-refractivity contribution in [1.82, 2.24) is 5.32 Å².